The molecule has 132 valence electrons. The molecule has 1 aliphatic rings. The molecular formula is C17H25N3O4. The number of ether oxygens (including phenoxy) is 2. The topological polar surface area (TPSA) is 71.1 Å². The van der Waals surface area contributed by atoms with Gasteiger partial charge in [0.25, 0.3) is 0 Å². The molecule has 2 rings (SSSR count). The Morgan fingerprint density at radius 3 is 2.88 bits per heavy atom. The maximum absolute atomic E-state index is 12.3. The predicted octanol–water partition coefficient (Wildman–Crippen LogP) is 1.08. The average Bonchev–Trinajstić information content (AvgIpc) is 2.57. The van der Waals surface area contributed by atoms with Crippen molar-refractivity contribution in [2.24, 2.45) is 0 Å². The maximum atomic E-state index is 12.3. The Labute approximate surface area is 142 Å². The Morgan fingerprint density at radius 2 is 2.17 bits per heavy atom. The highest BCUT2D eigenvalue weighted by molar-refractivity contribution is 5.85. The summed E-state index contributed by atoms with van der Waals surface area (Å²) in [4.78, 5) is 27.3. The standard InChI is InChI=1S/C17H25N3O4/c1-13-11-20(12-16(21)19(13)2)17(22)18-10-14-5-4-6-15(9-14)24-8-7-23-3/h4-6,9,13H,7-8,10-12H2,1-3H3,(H,18,22)/t13-/m0/s1. The molecule has 1 heterocycles. The first-order chi connectivity index (χ1) is 11.5. The summed E-state index contributed by atoms with van der Waals surface area (Å²) in [7, 11) is 3.39. The predicted molar refractivity (Wildman–Crippen MR) is 89.9 cm³/mol. The zero-order valence-electron chi connectivity index (χ0n) is 14.4. The van der Waals surface area contributed by atoms with Crippen LogP contribution < -0.4 is 10.1 Å². The van der Waals surface area contributed by atoms with E-state index in [9.17, 15) is 9.59 Å². The fourth-order valence-corrected chi connectivity index (χ4v) is 2.46. The Morgan fingerprint density at radius 1 is 1.38 bits per heavy atom. The van der Waals surface area contributed by atoms with Crippen molar-refractivity contribution in [3.05, 3.63) is 29.8 Å². The summed E-state index contributed by atoms with van der Waals surface area (Å²) in [5.74, 6) is 0.694. The van der Waals surface area contributed by atoms with Crippen molar-refractivity contribution in [2.45, 2.75) is 19.5 Å². The van der Waals surface area contributed by atoms with Crippen LogP contribution in [0.4, 0.5) is 4.79 Å². The highest BCUT2D eigenvalue weighted by atomic mass is 16.5. The van der Waals surface area contributed by atoms with Crippen molar-refractivity contribution in [2.75, 3.05) is 40.5 Å². The second kappa shape index (κ2) is 8.54. The van der Waals surface area contributed by atoms with E-state index in [4.69, 9.17) is 9.47 Å². The van der Waals surface area contributed by atoms with Gasteiger partial charge < -0.3 is 24.6 Å². The number of amides is 3. The third-order valence-corrected chi connectivity index (χ3v) is 4.05. The molecule has 1 N–H and O–H groups in total. The van der Waals surface area contributed by atoms with Gasteiger partial charge in [-0.05, 0) is 24.6 Å². The Bertz CT molecular complexity index is 579. The van der Waals surface area contributed by atoms with Crippen LogP contribution >= 0.6 is 0 Å². The summed E-state index contributed by atoms with van der Waals surface area (Å²) in [6.45, 7) is 3.97. The van der Waals surface area contributed by atoms with E-state index < -0.39 is 0 Å². The number of likely N-dealkylation sites (N-methyl/N-ethyl adjacent to an activating group) is 1. The van der Waals surface area contributed by atoms with Gasteiger partial charge in [0.1, 0.15) is 18.9 Å². The van der Waals surface area contributed by atoms with E-state index in [1.54, 1.807) is 24.0 Å². The zero-order valence-corrected chi connectivity index (χ0v) is 14.4. The molecule has 0 aliphatic carbocycles. The van der Waals surface area contributed by atoms with Gasteiger partial charge in [-0.3, -0.25) is 4.79 Å². The quantitative estimate of drug-likeness (QED) is 0.790. The minimum absolute atomic E-state index is 0.0227. The lowest BCUT2D eigenvalue weighted by Crippen LogP contribution is -2.57. The highest BCUT2D eigenvalue weighted by Crippen LogP contribution is 2.14. The van der Waals surface area contributed by atoms with Crippen LogP contribution in [0.15, 0.2) is 24.3 Å². The number of nitrogens with zero attached hydrogens (tertiary/aromatic N) is 2. The monoisotopic (exact) mass is 335 g/mol. The van der Waals surface area contributed by atoms with Crippen LogP contribution in [0.2, 0.25) is 0 Å². The van der Waals surface area contributed by atoms with Crippen LogP contribution in [0, 0.1) is 0 Å². The number of hydrogen-bond acceptors (Lipinski definition) is 4. The minimum Gasteiger partial charge on any atom is -0.491 e. The van der Waals surface area contributed by atoms with Crippen molar-refractivity contribution < 1.29 is 19.1 Å². The normalized spacial score (nSPS) is 17.8. The van der Waals surface area contributed by atoms with E-state index >= 15 is 0 Å². The number of carbonyl (C=O) groups excluding carboxylic acids is 2. The second-order valence-corrected chi connectivity index (χ2v) is 5.88. The van der Waals surface area contributed by atoms with Crippen LogP contribution in [0.1, 0.15) is 12.5 Å². The first-order valence-corrected chi connectivity index (χ1v) is 8.00. The number of nitrogens with one attached hydrogen (secondary N) is 1. The van der Waals surface area contributed by atoms with Crippen LogP contribution in [0.25, 0.3) is 0 Å². The molecule has 0 aromatic heterocycles. The van der Waals surface area contributed by atoms with Crippen molar-refractivity contribution in [1.29, 1.82) is 0 Å². The van der Waals surface area contributed by atoms with Gasteiger partial charge in [-0.15, -0.1) is 0 Å². The second-order valence-electron chi connectivity index (χ2n) is 5.88. The van der Waals surface area contributed by atoms with Crippen molar-refractivity contribution >= 4 is 11.9 Å². The Hall–Kier alpha value is -2.28. The molecule has 1 fully saturated rings. The average molecular weight is 335 g/mol. The molecule has 1 aromatic rings. The van der Waals surface area contributed by atoms with E-state index in [2.05, 4.69) is 5.32 Å². The van der Waals surface area contributed by atoms with Crippen LogP contribution in [-0.2, 0) is 16.1 Å². The largest absolute Gasteiger partial charge is 0.491 e. The SMILES string of the molecule is COCCOc1cccc(CNC(=O)N2CC(=O)N(C)[C@@H](C)C2)c1. The summed E-state index contributed by atoms with van der Waals surface area (Å²) in [5.41, 5.74) is 0.937. The van der Waals surface area contributed by atoms with Crippen LogP contribution in [0.3, 0.4) is 0 Å². The van der Waals surface area contributed by atoms with Crippen molar-refractivity contribution in [3.63, 3.8) is 0 Å². The molecular weight excluding hydrogens is 310 g/mol. The number of urea groups is 1. The lowest BCUT2D eigenvalue weighted by molar-refractivity contribution is -0.135. The van der Waals surface area contributed by atoms with E-state index in [0.29, 0.717) is 26.3 Å². The summed E-state index contributed by atoms with van der Waals surface area (Å²) in [6, 6.07) is 7.34. The number of piperazine rings is 1. The van der Waals surface area contributed by atoms with Gasteiger partial charge >= 0.3 is 6.03 Å². The molecule has 7 nitrogen and oxygen atoms in total. The first kappa shape index (κ1) is 18.1. The summed E-state index contributed by atoms with van der Waals surface area (Å²) in [5, 5.41) is 2.86. The fourth-order valence-electron chi connectivity index (χ4n) is 2.46. The van der Waals surface area contributed by atoms with Crippen molar-refractivity contribution in [3.8, 4) is 5.75 Å². The van der Waals surface area contributed by atoms with E-state index in [1.165, 1.54) is 0 Å². The van der Waals surface area contributed by atoms with E-state index in [-0.39, 0.29) is 24.5 Å². The third kappa shape index (κ3) is 4.86. The molecule has 1 aromatic carbocycles. The summed E-state index contributed by atoms with van der Waals surface area (Å²) >= 11 is 0. The summed E-state index contributed by atoms with van der Waals surface area (Å²) < 4.78 is 10.5. The van der Waals surface area contributed by atoms with Gasteiger partial charge in [0.2, 0.25) is 5.91 Å². The molecule has 1 aliphatic heterocycles. The van der Waals surface area contributed by atoms with E-state index in [0.717, 1.165) is 11.3 Å². The first-order valence-electron chi connectivity index (χ1n) is 8.00. The van der Waals surface area contributed by atoms with Crippen LogP contribution in [0.5, 0.6) is 5.75 Å². The molecule has 0 bridgehead atoms. The fraction of sp³-hybridized carbons (Fsp3) is 0.529. The zero-order chi connectivity index (χ0) is 17.5. The van der Waals surface area contributed by atoms with Gasteiger partial charge in [0, 0.05) is 33.3 Å². The van der Waals surface area contributed by atoms with Crippen molar-refractivity contribution in [1.82, 2.24) is 15.1 Å². The number of benzene rings is 1. The molecule has 24 heavy (non-hydrogen) atoms. The molecule has 1 atom stereocenters. The molecule has 0 unspecified atom stereocenters. The van der Waals surface area contributed by atoms with Gasteiger partial charge in [0.15, 0.2) is 0 Å². The number of rotatable bonds is 6. The van der Waals surface area contributed by atoms with Gasteiger partial charge in [0.05, 0.1) is 6.61 Å². The minimum atomic E-state index is -0.228. The molecule has 0 saturated carbocycles. The molecule has 0 spiro atoms. The van der Waals surface area contributed by atoms with Gasteiger partial charge in [-0.2, -0.15) is 0 Å². The molecule has 3 amide bonds. The lowest BCUT2D eigenvalue weighted by Gasteiger charge is -2.37. The Kier molecular flexibility index (Phi) is 6.43. The Balaban J connectivity index is 1.85. The number of methoxy groups -OCH3 is 1. The summed E-state index contributed by atoms with van der Waals surface area (Å²) in [6.07, 6.45) is 0. The molecule has 1 saturated heterocycles. The smallest absolute Gasteiger partial charge is 0.318 e. The molecule has 0 radical (unpaired) electrons. The molecule has 7 heteroatoms. The van der Waals surface area contributed by atoms with E-state index in [1.807, 2.05) is 31.2 Å². The number of carbonyl (C=O) groups is 2. The number of hydrogen-bond donors (Lipinski definition) is 1. The maximum Gasteiger partial charge on any atom is 0.318 e. The van der Waals surface area contributed by atoms with Gasteiger partial charge in [-0.1, -0.05) is 12.1 Å². The van der Waals surface area contributed by atoms with Gasteiger partial charge in [-0.25, -0.2) is 4.79 Å². The highest BCUT2D eigenvalue weighted by Gasteiger charge is 2.29. The lowest BCUT2D eigenvalue weighted by atomic mass is 10.2. The van der Waals surface area contributed by atoms with Crippen LogP contribution in [-0.4, -0.2) is 68.2 Å². The third-order valence-electron chi connectivity index (χ3n) is 4.05.